The molecule has 80 valence electrons. The van der Waals surface area contributed by atoms with E-state index in [1.807, 2.05) is 30.3 Å². The molecule has 4 heteroatoms. The Hall–Kier alpha value is -0.610. The summed E-state index contributed by atoms with van der Waals surface area (Å²) in [6.45, 7) is 0. The lowest BCUT2D eigenvalue weighted by molar-refractivity contribution is -0.201. The van der Waals surface area contributed by atoms with E-state index in [-0.39, 0.29) is 12.4 Å². The van der Waals surface area contributed by atoms with Crippen molar-refractivity contribution in [2.24, 2.45) is 5.73 Å². The summed E-state index contributed by atoms with van der Waals surface area (Å²) in [4.78, 5) is 0. The molecule has 1 rings (SSSR count). The van der Waals surface area contributed by atoms with E-state index in [2.05, 4.69) is 0 Å². The number of rotatable bonds is 4. The maximum Gasteiger partial charge on any atom is 0.228 e. The van der Waals surface area contributed by atoms with Gasteiger partial charge in [0.05, 0.1) is 0 Å². The van der Waals surface area contributed by atoms with Gasteiger partial charge in [-0.25, -0.2) is 0 Å². The minimum Gasteiger partial charge on any atom is -0.341 e. The molecule has 0 spiro atoms. The van der Waals surface area contributed by atoms with E-state index < -0.39 is 5.91 Å². The molecule has 0 aliphatic carbocycles. The van der Waals surface area contributed by atoms with Crippen LogP contribution in [0.15, 0.2) is 30.3 Å². The van der Waals surface area contributed by atoms with Crippen LogP contribution in [0.5, 0.6) is 0 Å². The number of nitrogens with two attached hydrogens (primary N) is 1. The Morgan fingerprint density at radius 3 is 2.07 bits per heavy atom. The average molecular weight is 218 g/mol. The summed E-state index contributed by atoms with van der Waals surface area (Å²) < 4.78 is 10.1. The van der Waals surface area contributed by atoms with Gasteiger partial charge in [0.15, 0.2) is 0 Å². The van der Waals surface area contributed by atoms with Crippen molar-refractivity contribution >= 4 is 12.4 Å². The molecule has 0 fully saturated rings. The summed E-state index contributed by atoms with van der Waals surface area (Å²) in [6.07, 6.45) is 0.542. The molecule has 0 bridgehead atoms. The van der Waals surface area contributed by atoms with Crippen molar-refractivity contribution < 1.29 is 9.47 Å². The molecule has 1 aromatic carbocycles. The highest BCUT2D eigenvalue weighted by Crippen LogP contribution is 2.11. The van der Waals surface area contributed by atoms with Crippen molar-refractivity contribution in [2.45, 2.75) is 12.3 Å². The van der Waals surface area contributed by atoms with E-state index in [9.17, 15) is 0 Å². The van der Waals surface area contributed by atoms with E-state index in [1.54, 1.807) is 0 Å². The summed E-state index contributed by atoms with van der Waals surface area (Å²) >= 11 is 0. The normalized spacial score (nSPS) is 10.8. The van der Waals surface area contributed by atoms with Crippen LogP contribution in [-0.2, 0) is 15.9 Å². The van der Waals surface area contributed by atoms with Gasteiger partial charge in [-0.3, -0.25) is 5.73 Å². The number of benzene rings is 1. The zero-order valence-electron chi connectivity index (χ0n) is 8.40. The predicted octanol–water partition coefficient (Wildman–Crippen LogP) is 1.56. The molecule has 1 aromatic rings. The highest BCUT2D eigenvalue weighted by molar-refractivity contribution is 5.85. The van der Waals surface area contributed by atoms with Crippen molar-refractivity contribution in [3.05, 3.63) is 35.9 Å². The van der Waals surface area contributed by atoms with Crippen LogP contribution in [0.3, 0.4) is 0 Å². The third-order valence-electron chi connectivity index (χ3n) is 1.98. The SMILES string of the molecule is COC(N)(Cc1ccccc1)OC.Cl. The Morgan fingerprint density at radius 2 is 1.64 bits per heavy atom. The predicted molar refractivity (Wildman–Crippen MR) is 58.3 cm³/mol. The van der Waals surface area contributed by atoms with Gasteiger partial charge in [0, 0.05) is 20.6 Å². The number of halogens is 1. The van der Waals surface area contributed by atoms with E-state index in [0.717, 1.165) is 5.56 Å². The highest BCUT2D eigenvalue weighted by Gasteiger charge is 2.23. The molecule has 0 heterocycles. The van der Waals surface area contributed by atoms with Gasteiger partial charge in [0.2, 0.25) is 5.91 Å². The van der Waals surface area contributed by atoms with Crippen LogP contribution in [0.1, 0.15) is 5.56 Å². The fourth-order valence-corrected chi connectivity index (χ4v) is 1.11. The summed E-state index contributed by atoms with van der Waals surface area (Å²) in [7, 11) is 3.07. The van der Waals surface area contributed by atoms with Gasteiger partial charge in [-0.1, -0.05) is 30.3 Å². The third kappa shape index (κ3) is 3.64. The quantitative estimate of drug-likeness (QED) is 0.779. The van der Waals surface area contributed by atoms with Crippen molar-refractivity contribution in [2.75, 3.05) is 14.2 Å². The molecule has 14 heavy (non-hydrogen) atoms. The van der Waals surface area contributed by atoms with Gasteiger partial charge in [-0.15, -0.1) is 12.4 Å². The minimum absolute atomic E-state index is 0. The van der Waals surface area contributed by atoms with Gasteiger partial charge in [-0.2, -0.15) is 0 Å². The first kappa shape index (κ1) is 13.4. The molecule has 0 radical (unpaired) electrons. The smallest absolute Gasteiger partial charge is 0.228 e. The Bertz CT molecular complexity index is 250. The lowest BCUT2D eigenvalue weighted by atomic mass is 10.1. The number of hydrogen-bond acceptors (Lipinski definition) is 3. The van der Waals surface area contributed by atoms with Gasteiger partial charge >= 0.3 is 0 Å². The summed E-state index contributed by atoms with van der Waals surface area (Å²) in [5, 5.41) is 0. The van der Waals surface area contributed by atoms with Crippen LogP contribution in [0.25, 0.3) is 0 Å². The van der Waals surface area contributed by atoms with Crippen LogP contribution in [0, 0.1) is 0 Å². The fraction of sp³-hybridized carbons (Fsp3) is 0.400. The lowest BCUT2D eigenvalue weighted by Gasteiger charge is -2.25. The van der Waals surface area contributed by atoms with Gasteiger partial charge in [-0.05, 0) is 5.56 Å². The zero-order valence-corrected chi connectivity index (χ0v) is 9.21. The summed E-state index contributed by atoms with van der Waals surface area (Å²) in [5.74, 6) is -1.01. The van der Waals surface area contributed by atoms with Crippen LogP contribution in [0.4, 0.5) is 0 Å². The summed E-state index contributed by atoms with van der Waals surface area (Å²) in [5.41, 5.74) is 6.88. The van der Waals surface area contributed by atoms with Crippen LogP contribution in [-0.4, -0.2) is 20.1 Å². The number of methoxy groups -OCH3 is 2. The molecule has 0 aromatic heterocycles. The third-order valence-corrected chi connectivity index (χ3v) is 1.98. The lowest BCUT2D eigenvalue weighted by Crippen LogP contribution is -2.45. The number of ether oxygens (including phenoxy) is 2. The van der Waals surface area contributed by atoms with E-state index in [0.29, 0.717) is 6.42 Å². The molecule has 2 N–H and O–H groups in total. The molecule has 0 amide bonds. The standard InChI is InChI=1S/C10H15NO2.ClH/c1-12-10(11,13-2)8-9-6-4-3-5-7-9;/h3-7H,8,11H2,1-2H3;1H. The zero-order chi connectivity index (χ0) is 9.73. The molecule has 0 atom stereocenters. The second-order valence-electron chi connectivity index (χ2n) is 2.88. The molecule has 0 saturated heterocycles. The fourth-order valence-electron chi connectivity index (χ4n) is 1.11. The van der Waals surface area contributed by atoms with Crippen molar-refractivity contribution in [1.29, 1.82) is 0 Å². The average Bonchev–Trinajstić information content (AvgIpc) is 2.19. The maximum atomic E-state index is 5.78. The molecular formula is C10H16ClNO2. The second kappa shape index (κ2) is 5.98. The van der Waals surface area contributed by atoms with E-state index in [1.165, 1.54) is 14.2 Å². The molecule has 0 aliphatic rings. The van der Waals surface area contributed by atoms with E-state index in [4.69, 9.17) is 15.2 Å². The highest BCUT2D eigenvalue weighted by atomic mass is 35.5. The minimum atomic E-state index is -1.01. The molecular weight excluding hydrogens is 202 g/mol. The van der Waals surface area contributed by atoms with Crippen molar-refractivity contribution in [1.82, 2.24) is 0 Å². The van der Waals surface area contributed by atoms with E-state index >= 15 is 0 Å². The molecule has 3 nitrogen and oxygen atoms in total. The summed E-state index contributed by atoms with van der Waals surface area (Å²) in [6, 6.07) is 9.85. The molecule has 0 aliphatic heterocycles. The first-order valence-corrected chi connectivity index (χ1v) is 4.13. The number of hydrogen-bond donors (Lipinski definition) is 1. The molecule has 0 saturated carbocycles. The Balaban J connectivity index is 0.00000169. The Kier molecular flexibility index (Phi) is 5.72. The van der Waals surface area contributed by atoms with Crippen molar-refractivity contribution in [3.63, 3.8) is 0 Å². The monoisotopic (exact) mass is 217 g/mol. The van der Waals surface area contributed by atoms with Gasteiger partial charge in [0.25, 0.3) is 0 Å². The first-order valence-electron chi connectivity index (χ1n) is 4.13. The first-order chi connectivity index (χ1) is 6.20. The van der Waals surface area contributed by atoms with Crippen LogP contribution < -0.4 is 5.73 Å². The largest absolute Gasteiger partial charge is 0.341 e. The van der Waals surface area contributed by atoms with Gasteiger partial charge < -0.3 is 9.47 Å². The van der Waals surface area contributed by atoms with Crippen LogP contribution >= 0.6 is 12.4 Å². The maximum absolute atomic E-state index is 5.78. The van der Waals surface area contributed by atoms with Crippen LogP contribution in [0.2, 0.25) is 0 Å². The topological polar surface area (TPSA) is 44.5 Å². The van der Waals surface area contributed by atoms with Gasteiger partial charge in [0.1, 0.15) is 0 Å². The molecule has 0 unspecified atom stereocenters. The Labute approximate surface area is 90.6 Å². The Morgan fingerprint density at radius 1 is 1.14 bits per heavy atom. The second-order valence-corrected chi connectivity index (χ2v) is 2.88. The van der Waals surface area contributed by atoms with Crippen molar-refractivity contribution in [3.8, 4) is 0 Å².